The van der Waals surface area contributed by atoms with Crippen LogP contribution in [-0.4, -0.2) is 31.5 Å². The van der Waals surface area contributed by atoms with Gasteiger partial charge in [0.2, 0.25) is 11.7 Å². The molecule has 1 aromatic carbocycles. The number of carbonyl (C=O) groups excluding carboxylic acids is 1. The first kappa shape index (κ1) is 17.7. The van der Waals surface area contributed by atoms with E-state index < -0.39 is 11.4 Å². The fourth-order valence-electron chi connectivity index (χ4n) is 2.57. The third-order valence-electron chi connectivity index (χ3n) is 3.96. The Bertz CT molecular complexity index is 1110. The normalized spacial score (nSPS) is 10.9. The lowest BCUT2D eigenvalue weighted by Gasteiger charge is -2.08. The first-order valence-corrected chi connectivity index (χ1v) is 7.98. The van der Waals surface area contributed by atoms with E-state index in [-0.39, 0.29) is 29.0 Å². The topological polar surface area (TPSA) is 99.6 Å². The van der Waals surface area contributed by atoms with E-state index in [1.807, 2.05) is 0 Å². The number of amides is 1. The van der Waals surface area contributed by atoms with Gasteiger partial charge in [0.25, 0.3) is 0 Å². The van der Waals surface area contributed by atoms with Gasteiger partial charge < -0.3 is 10.1 Å². The zero-order chi connectivity index (χ0) is 19.0. The zero-order valence-electron chi connectivity index (χ0n) is 14.3. The van der Waals surface area contributed by atoms with E-state index in [9.17, 15) is 14.4 Å². The number of hydrogen-bond acceptors (Lipinski definition) is 5. The summed E-state index contributed by atoms with van der Waals surface area (Å²) in [7, 11) is 4.37. The molecule has 136 valence electrons. The van der Waals surface area contributed by atoms with Gasteiger partial charge in [-0.15, -0.1) is 0 Å². The molecule has 2 heterocycles. The van der Waals surface area contributed by atoms with Gasteiger partial charge in [0.05, 0.1) is 19.2 Å². The molecule has 3 rings (SSSR count). The number of aromatic nitrogens is 4. The van der Waals surface area contributed by atoms with Gasteiger partial charge in [0.1, 0.15) is 5.75 Å². The molecule has 0 fully saturated rings. The molecule has 9 nitrogen and oxygen atoms in total. The predicted molar refractivity (Wildman–Crippen MR) is 96.0 cm³/mol. The third kappa shape index (κ3) is 2.97. The van der Waals surface area contributed by atoms with Gasteiger partial charge >= 0.3 is 11.4 Å². The average molecular weight is 378 g/mol. The third-order valence-corrected chi connectivity index (χ3v) is 4.26. The second-order valence-corrected chi connectivity index (χ2v) is 5.98. The maximum absolute atomic E-state index is 12.4. The van der Waals surface area contributed by atoms with Crippen molar-refractivity contribution in [2.45, 2.75) is 6.42 Å². The Hall–Kier alpha value is -3.07. The number of methoxy groups -OCH3 is 1. The van der Waals surface area contributed by atoms with Crippen LogP contribution in [0.25, 0.3) is 5.78 Å². The highest BCUT2D eigenvalue weighted by atomic mass is 35.5. The van der Waals surface area contributed by atoms with Crippen molar-refractivity contribution in [2.24, 2.45) is 14.1 Å². The largest absolute Gasteiger partial charge is 0.497 e. The number of ether oxygens (including phenoxy) is 1. The van der Waals surface area contributed by atoms with Crippen molar-refractivity contribution in [3.63, 3.8) is 0 Å². The zero-order valence-corrected chi connectivity index (χ0v) is 15.1. The molecule has 0 spiro atoms. The van der Waals surface area contributed by atoms with E-state index >= 15 is 0 Å². The molecule has 0 unspecified atom stereocenters. The van der Waals surface area contributed by atoms with E-state index in [0.29, 0.717) is 11.4 Å². The Balaban J connectivity index is 1.95. The molecule has 10 heteroatoms. The van der Waals surface area contributed by atoms with Crippen LogP contribution in [0.5, 0.6) is 5.75 Å². The van der Waals surface area contributed by atoms with Crippen LogP contribution in [0.2, 0.25) is 5.15 Å². The summed E-state index contributed by atoms with van der Waals surface area (Å²) in [6.07, 6.45) is -0.181. The smallest absolute Gasteiger partial charge is 0.339 e. The minimum Gasteiger partial charge on any atom is -0.497 e. The van der Waals surface area contributed by atoms with Crippen LogP contribution in [-0.2, 0) is 25.3 Å². The molecule has 0 atom stereocenters. The Morgan fingerprint density at radius 3 is 2.42 bits per heavy atom. The molecule has 0 aliphatic rings. The van der Waals surface area contributed by atoms with Gasteiger partial charge in [-0.25, -0.2) is 18.6 Å². The quantitative estimate of drug-likeness (QED) is 0.716. The van der Waals surface area contributed by atoms with Crippen LogP contribution in [0.3, 0.4) is 0 Å². The van der Waals surface area contributed by atoms with Gasteiger partial charge in [-0.3, -0.25) is 9.36 Å². The number of anilines is 1. The van der Waals surface area contributed by atoms with E-state index in [1.54, 1.807) is 31.4 Å². The van der Waals surface area contributed by atoms with Gasteiger partial charge in [0.15, 0.2) is 5.15 Å². The van der Waals surface area contributed by atoms with Crippen molar-refractivity contribution >= 4 is 29.0 Å². The average Bonchev–Trinajstić information content (AvgIpc) is 2.95. The number of nitrogens with one attached hydrogen (secondary N) is 1. The summed E-state index contributed by atoms with van der Waals surface area (Å²) in [5, 5.41) is 2.71. The SMILES string of the molecule is COc1ccc(NC(=O)Cc2c(Cl)nc3n(C)c(=O)n(C)c(=O)n23)cc1. The minimum atomic E-state index is -0.616. The van der Waals surface area contributed by atoms with Crippen molar-refractivity contribution in [3.8, 4) is 5.75 Å². The summed E-state index contributed by atoms with van der Waals surface area (Å²) in [5.41, 5.74) is -0.363. The second-order valence-electron chi connectivity index (χ2n) is 5.62. The van der Waals surface area contributed by atoms with Gasteiger partial charge in [0, 0.05) is 19.8 Å². The van der Waals surface area contributed by atoms with Crippen LogP contribution in [0.1, 0.15) is 5.69 Å². The maximum atomic E-state index is 12.4. The molecular formula is C16H16ClN5O4. The first-order valence-electron chi connectivity index (χ1n) is 7.60. The summed E-state index contributed by atoms with van der Waals surface area (Å²) >= 11 is 6.11. The number of halogens is 1. The summed E-state index contributed by atoms with van der Waals surface area (Å²) in [5.74, 6) is 0.363. The molecule has 1 N–H and O–H groups in total. The van der Waals surface area contributed by atoms with Crippen molar-refractivity contribution in [3.05, 3.63) is 56.1 Å². The van der Waals surface area contributed by atoms with Crippen molar-refractivity contribution in [2.75, 3.05) is 12.4 Å². The van der Waals surface area contributed by atoms with E-state index in [1.165, 1.54) is 18.7 Å². The number of imidazole rings is 1. The number of rotatable bonds is 4. The van der Waals surface area contributed by atoms with Gasteiger partial charge in [-0.1, -0.05) is 11.6 Å². The molecule has 0 aliphatic carbocycles. The predicted octanol–water partition coefficient (Wildman–Crippen LogP) is 0.575. The number of benzene rings is 1. The Morgan fingerprint density at radius 2 is 1.81 bits per heavy atom. The number of carbonyl (C=O) groups is 1. The summed E-state index contributed by atoms with van der Waals surface area (Å²) in [6, 6.07) is 6.80. The Labute approximate surface area is 152 Å². The number of nitrogens with zero attached hydrogens (tertiary/aromatic N) is 4. The van der Waals surface area contributed by atoms with Crippen LogP contribution >= 0.6 is 11.6 Å². The molecule has 0 aliphatic heterocycles. The molecular weight excluding hydrogens is 362 g/mol. The van der Waals surface area contributed by atoms with Gasteiger partial charge in [-0.2, -0.15) is 4.98 Å². The van der Waals surface area contributed by atoms with Crippen LogP contribution in [0, 0.1) is 0 Å². The molecule has 1 amide bonds. The van der Waals surface area contributed by atoms with E-state index in [0.717, 1.165) is 8.97 Å². The molecule has 3 aromatic rings. The maximum Gasteiger partial charge on any atom is 0.339 e. The fraction of sp³-hybridized carbons (Fsp3) is 0.250. The lowest BCUT2D eigenvalue weighted by atomic mass is 10.2. The first-order chi connectivity index (χ1) is 12.3. The van der Waals surface area contributed by atoms with E-state index in [2.05, 4.69) is 10.3 Å². The summed E-state index contributed by atoms with van der Waals surface area (Å²) < 4.78 is 8.34. The van der Waals surface area contributed by atoms with Crippen LogP contribution < -0.4 is 21.4 Å². The number of aryl methyl sites for hydroxylation is 1. The standard InChI is InChI=1S/C16H16ClN5O4/c1-20-14-19-13(17)11(22(14)16(25)21(2)15(20)24)8-12(23)18-9-4-6-10(26-3)7-5-9/h4-7H,8H2,1-3H3,(H,18,23). The lowest BCUT2D eigenvalue weighted by Crippen LogP contribution is -2.41. The highest BCUT2D eigenvalue weighted by molar-refractivity contribution is 6.30. The molecule has 0 radical (unpaired) electrons. The Morgan fingerprint density at radius 1 is 1.15 bits per heavy atom. The molecule has 0 saturated carbocycles. The monoisotopic (exact) mass is 377 g/mol. The second kappa shape index (κ2) is 6.68. The van der Waals surface area contributed by atoms with Crippen LogP contribution in [0.4, 0.5) is 5.69 Å². The highest BCUT2D eigenvalue weighted by Crippen LogP contribution is 2.18. The molecule has 0 saturated heterocycles. The number of fused-ring (bicyclic) bond motifs is 1. The minimum absolute atomic E-state index is 0.00631. The molecule has 26 heavy (non-hydrogen) atoms. The van der Waals surface area contributed by atoms with E-state index in [4.69, 9.17) is 16.3 Å². The lowest BCUT2D eigenvalue weighted by molar-refractivity contribution is -0.115. The Kier molecular flexibility index (Phi) is 4.56. The number of hydrogen-bond donors (Lipinski definition) is 1. The molecule has 2 aromatic heterocycles. The van der Waals surface area contributed by atoms with Crippen molar-refractivity contribution < 1.29 is 9.53 Å². The summed E-state index contributed by atoms with van der Waals surface area (Å²) in [4.78, 5) is 40.8. The van der Waals surface area contributed by atoms with Gasteiger partial charge in [-0.05, 0) is 24.3 Å². The molecule has 0 bridgehead atoms. The highest BCUT2D eigenvalue weighted by Gasteiger charge is 2.20. The van der Waals surface area contributed by atoms with Crippen molar-refractivity contribution in [1.82, 2.24) is 18.5 Å². The van der Waals surface area contributed by atoms with Crippen LogP contribution in [0.15, 0.2) is 33.9 Å². The summed E-state index contributed by atoms with van der Waals surface area (Å²) in [6.45, 7) is 0. The van der Waals surface area contributed by atoms with Crippen molar-refractivity contribution in [1.29, 1.82) is 0 Å². The fourth-order valence-corrected chi connectivity index (χ4v) is 2.79.